The fourth-order valence-electron chi connectivity index (χ4n) is 1.55. The van der Waals surface area contributed by atoms with Crippen molar-refractivity contribution in [1.29, 1.82) is 0 Å². The molecule has 4 nitrogen and oxygen atoms in total. The zero-order valence-corrected chi connectivity index (χ0v) is 14.8. The molecular weight excluding hydrogens is 374 g/mol. The van der Waals surface area contributed by atoms with Crippen molar-refractivity contribution in [3.63, 3.8) is 0 Å². The maximum atomic E-state index is 11.3. The van der Waals surface area contributed by atoms with E-state index in [4.69, 9.17) is 17.8 Å². The van der Waals surface area contributed by atoms with Gasteiger partial charge in [0.25, 0.3) is 0 Å². The van der Waals surface area contributed by atoms with Gasteiger partial charge < -0.3 is 0 Å². The van der Waals surface area contributed by atoms with Gasteiger partial charge in [-0.3, -0.25) is 0 Å². The standard InChI is InChI=1S/2C5H9O2.2ClH.Sn/c2*1-4(2)5(6)7-3;;;/h2*4H,1H2,2-3H3;2*1H;/q;;;;+2/p-2. The molecule has 0 amide bonds. The molecule has 0 saturated carbocycles. The molecule has 0 rings (SSSR count). The van der Waals surface area contributed by atoms with Crippen molar-refractivity contribution >= 4 is 45.9 Å². The van der Waals surface area contributed by atoms with Gasteiger partial charge in [0.2, 0.25) is 0 Å². The van der Waals surface area contributed by atoms with Crippen LogP contribution in [0.25, 0.3) is 0 Å². The second kappa shape index (κ2) is 7.69. The third-order valence-corrected chi connectivity index (χ3v) is 13.5. The monoisotopic (exact) mass is 392 g/mol. The Morgan fingerprint density at radius 1 is 1.00 bits per heavy atom. The predicted molar refractivity (Wildman–Crippen MR) is 69.4 cm³/mol. The van der Waals surface area contributed by atoms with Crippen molar-refractivity contribution in [3.05, 3.63) is 0 Å². The van der Waals surface area contributed by atoms with Crippen LogP contribution >= 0.6 is 17.8 Å². The van der Waals surface area contributed by atoms with Gasteiger partial charge in [-0.2, -0.15) is 0 Å². The van der Waals surface area contributed by atoms with E-state index >= 15 is 0 Å². The number of hydrogen-bond donors (Lipinski definition) is 0. The van der Waals surface area contributed by atoms with Crippen LogP contribution < -0.4 is 0 Å². The molecule has 0 aromatic heterocycles. The third kappa shape index (κ3) is 6.72. The first-order valence-electron chi connectivity index (χ1n) is 5.27. The van der Waals surface area contributed by atoms with Crippen molar-refractivity contribution in [2.45, 2.75) is 22.7 Å². The second-order valence-corrected chi connectivity index (χ2v) is 22.3. The van der Waals surface area contributed by atoms with E-state index in [9.17, 15) is 9.59 Å². The molecule has 7 heteroatoms. The van der Waals surface area contributed by atoms with Gasteiger partial charge in [-0.1, -0.05) is 0 Å². The molecular formula is C10H18Cl2O4Sn. The Labute approximate surface area is 113 Å². The predicted octanol–water partition coefficient (Wildman–Crippen LogP) is 2.52. The Bertz CT molecular complexity index is 257. The quantitative estimate of drug-likeness (QED) is 0.515. The molecule has 2 atom stereocenters. The summed E-state index contributed by atoms with van der Waals surface area (Å²) in [6, 6.07) is 0. The minimum absolute atomic E-state index is 0.321. The van der Waals surface area contributed by atoms with Crippen molar-refractivity contribution in [1.82, 2.24) is 0 Å². The topological polar surface area (TPSA) is 52.6 Å². The normalized spacial score (nSPS) is 14.9. The van der Waals surface area contributed by atoms with E-state index in [1.165, 1.54) is 14.2 Å². The molecule has 0 aliphatic rings. The first-order chi connectivity index (χ1) is 7.73. The Kier molecular flexibility index (Phi) is 7.83. The van der Waals surface area contributed by atoms with Gasteiger partial charge in [0.1, 0.15) is 0 Å². The molecule has 0 aliphatic carbocycles. The molecule has 0 spiro atoms. The molecule has 100 valence electrons. The molecule has 2 unspecified atom stereocenters. The second-order valence-electron chi connectivity index (χ2n) is 4.11. The number of esters is 2. The van der Waals surface area contributed by atoms with Crippen LogP contribution in [-0.2, 0) is 19.1 Å². The Morgan fingerprint density at radius 3 is 1.53 bits per heavy atom. The molecule has 0 aliphatic heterocycles. The van der Waals surface area contributed by atoms with Crippen LogP contribution in [0.2, 0.25) is 8.87 Å². The molecule has 0 bridgehead atoms. The summed E-state index contributed by atoms with van der Waals surface area (Å²) >= 11 is -3.41. The van der Waals surface area contributed by atoms with Crippen molar-refractivity contribution in [2.75, 3.05) is 14.2 Å². The fraction of sp³-hybridized carbons (Fsp3) is 0.800. The Morgan fingerprint density at radius 2 is 1.29 bits per heavy atom. The summed E-state index contributed by atoms with van der Waals surface area (Å²) in [6.45, 7) is 3.45. The first kappa shape index (κ1) is 17.3. The molecule has 0 aromatic rings. The van der Waals surface area contributed by atoms with Crippen LogP contribution in [0.4, 0.5) is 0 Å². The average molecular weight is 392 g/mol. The summed E-state index contributed by atoms with van der Waals surface area (Å²) in [4.78, 5) is 22.5. The molecule has 0 saturated heterocycles. The number of rotatable bonds is 6. The average Bonchev–Trinajstić information content (AvgIpc) is 2.25. The number of hydrogen-bond acceptors (Lipinski definition) is 4. The zero-order valence-electron chi connectivity index (χ0n) is 10.5. The van der Waals surface area contributed by atoms with E-state index < -0.39 is 16.1 Å². The van der Waals surface area contributed by atoms with Gasteiger partial charge in [-0.05, 0) is 0 Å². The van der Waals surface area contributed by atoms with Gasteiger partial charge in [0.15, 0.2) is 0 Å². The number of methoxy groups -OCH3 is 2. The number of ether oxygens (including phenoxy) is 2. The van der Waals surface area contributed by atoms with E-state index in [0.717, 1.165) is 0 Å². The summed E-state index contributed by atoms with van der Waals surface area (Å²) < 4.78 is 10.1. The molecule has 0 N–H and O–H groups in total. The summed E-state index contributed by atoms with van der Waals surface area (Å²) in [6.07, 6.45) is 0. The van der Waals surface area contributed by atoms with Crippen molar-refractivity contribution in [3.8, 4) is 0 Å². The molecule has 0 aromatic carbocycles. The number of halogens is 2. The summed E-state index contributed by atoms with van der Waals surface area (Å²) in [5.74, 6) is -1.29. The third-order valence-electron chi connectivity index (χ3n) is 2.42. The van der Waals surface area contributed by atoms with Crippen LogP contribution in [0.5, 0.6) is 0 Å². The maximum absolute atomic E-state index is 11.3. The van der Waals surface area contributed by atoms with Gasteiger partial charge in [-0.15, -0.1) is 0 Å². The van der Waals surface area contributed by atoms with E-state index in [2.05, 4.69) is 9.47 Å². The van der Waals surface area contributed by atoms with Crippen LogP contribution in [0.1, 0.15) is 13.8 Å². The molecule has 17 heavy (non-hydrogen) atoms. The van der Waals surface area contributed by atoms with Gasteiger partial charge in [0.05, 0.1) is 0 Å². The van der Waals surface area contributed by atoms with Gasteiger partial charge >= 0.3 is 114 Å². The molecule has 0 fully saturated rings. The first-order valence-corrected chi connectivity index (χ1v) is 16.5. The van der Waals surface area contributed by atoms with E-state index in [0.29, 0.717) is 8.87 Å². The summed E-state index contributed by atoms with van der Waals surface area (Å²) in [5, 5.41) is 0. The van der Waals surface area contributed by atoms with Gasteiger partial charge in [-0.25, -0.2) is 0 Å². The van der Waals surface area contributed by atoms with Crippen LogP contribution in [0.15, 0.2) is 0 Å². The molecule has 0 heterocycles. The SMILES string of the molecule is COC(=O)C(C)[CH2][Sn]([Cl])([Cl])[CH2]C(C)C(=O)OC. The Balaban J connectivity index is 4.38. The fourth-order valence-corrected chi connectivity index (χ4v) is 14.3. The van der Waals surface area contributed by atoms with E-state index in [1.54, 1.807) is 13.8 Å². The Hall–Kier alpha value is 0.319. The van der Waals surface area contributed by atoms with Crippen LogP contribution in [-0.4, -0.2) is 42.3 Å². The number of carbonyl (C=O) groups excluding carboxylic acids is 2. The van der Waals surface area contributed by atoms with Crippen LogP contribution in [0, 0.1) is 11.8 Å². The minimum atomic E-state index is -3.41. The molecule has 0 radical (unpaired) electrons. The van der Waals surface area contributed by atoms with E-state index in [-0.39, 0.29) is 23.8 Å². The van der Waals surface area contributed by atoms with Crippen molar-refractivity contribution in [2.24, 2.45) is 11.8 Å². The van der Waals surface area contributed by atoms with Crippen LogP contribution in [0.3, 0.4) is 0 Å². The zero-order chi connectivity index (χ0) is 13.6. The number of carbonyl (C=O) groups is 2. The van der Waals surface area contributed by atoms with E-state index in [1.807, 2.05) is 0 Å². The summed E-state index contributed by atoms with van der Waals surface area (Å²) in [7, 11) is 15.2. The van der Waals surface area contributed by atoms with Crippen molar-refractivity contribution < 1.29 is 19.1 Å². The summed E-state index contributed by atoms with van der Waals surface area (Å²) in [5.41, 5.74) is 0. The van der Waals surface area contributed by atoms with Gasteiger partial charge in [0, 0.05) is 0 Å².